The van der Waals surface area contributed by atoms with Gasteiger partial charge in [0, 0.05) is 4.90 Å². The summed E-state index contributed by atoms with van der Waals surface area (Å²) in [6.07, 6.45) is 1.60. The molecular weight excluding hydrogens is 268 g/mol. The Bertz CT molecular complexity index is 532. The van der Waals surface area contributed by atoms with Crippen molar-refractivity contribution in [3.8, 4) is 5.75 Å². The Kier molecular flexibility index (Phi) is 5.10. The highest BCUT2D eigenvalue weighted by Gasteiger charge is 2.10. The van der Waals surface area contributed by atoms with E-state index in [4.69, 9.17) is 4.74 Å². The van der Waals surface area contributed by atoms with E-state index in [0.29, 0.717) is 0 Å². The topological polar surface area (TPSA) is 29.5 Å². The summed E-state index contributed by atoms with van der Waals surface area (Å²) in [5.74, 6) is 0.827. The second-order valence-electron chi connectivity index (χ2n) is 4.91. The number of aliphatic hydroxyl groups excluding tert-OH is 1. The van der Waals surface area contributed by atoms with Gasteiger partial charge in [0.15, 0.2) is 0 Å². The number of benzene rings is 2. The van der Waals surface area contributed by atoms with Crippen LogP contribution in [0, 0.1) is 0 Å². The van der Waals surface area contributed by atoms with Crippen LogP contribution in [0.3, 0.4) is 0 Å². The van der Waals surface area contributed by atoms with Gasteiger partial charge in [-0.15, -0.1) is 11.8 Å². The number of ether oxygens (including phenoxy) is 1. The SMILES string of the molecule is CSc1ccc(C(O)c2ccc(OC(C)C)cc2)cc1. The zero-order chi connectivity index (χ0) is 14.5. The molecular formula is C17H20O2S. The van der Waals surface area contributed by atoms with Gasteiger partial charge in [-0.1, -0.05) is 24.3 Å². The summed E-state index contributed by atoms with van der Waals surface area (Å²) in [4.78, 5) is 1.20. The Morgan fingerprint density at radius 1 is 0.900 bits per heavy atom. The highest BCUT2D eigenvalue weighted by atomic mass is 32.2. The van der Waals surface area contributed by atoms with Gasteiger partial charge in [0.25, 0.3) is 0 Å². The molecule has 0 aliphatic heterocycles. The molecule has 0 aromatic heterocycles. The second-order valence-corrected chi connectivity index (χ2v) is 5.79. The van der Waals surface area contributed by atoms with Gasteiger partial charge in [0.1, 0.15) is 11.9 Å². The average Bonchev–Trinajstić information content (AvgIpc) is 2.47. The molecule has 20 heavy (non-hydrogen) atoms. The fourth-order valence-corrected chi connectivity index (χ4v) is 2.39. The average molecular weight is 288 g/mol. The van der Waals surface area contributed by atoms with E-state index in [1.807, 2.05) is 68.6 Å². The fourth-order valence-electron chi connectivity index (χ4n) is 1.98. The molecule has 106 valence electrons. The molecule has 1 unspecified atom stereocenters. The van der Waals surface area contributed by atoms with E-state index < -0.39 is 6.10 Å². The van der Waals surface area contributed by atoms with Crippen LogP contribution in [0.2, 0.25) is 0 Å². The first kappa shape index (κ1) is 14.9. The van der Waals surface area contributed by atoms with Crippen LogP contribution >= 0.6 is 11.8 Å². The molecule has 3 heteroatoms. The van der Waals surface area contributed by atoms with Crippen LogP contribution in [0.5, 0.6) is 5.75 Å². The molecule has 0 spiro atoms. The Balaban J connectivity index is 2.13. The standard InChI is InChI=1S/C17H20O2S/c1-12(2)19-15-8-4-13(5-9-15)17(18)14-6-10-16(20-3)11-7-14/h4-12,17-18H,1-3H3. The maximum atomic E-state index is 10.4. The fraction of sp³-hybridized carbons (Fsp3) is 0.294. The Hall–Kier alpha value is -1.45. The van der Waals surface area contributed by atoms with Crippen molar-refractivity contribution >= 4 is 11.8 Å². The van der Waals surface area contributed by atoms with Crippen molar-refractivity contribution in [2.24, 2.45) is 0 Å². The molecule has 2 aromatic rings. The van der Waals surface area contributed by atoms with Gasteiger partial charge in [-0.25, -0.2) is 0 Å². The molecule has 0 aliphatic rings. The van der Waals surface area contributed by atoms with E-state index in [9.17, 15) is 5.11 Å². The Labute approximate surface area is 124 Å². The van der Waals surface area contributed by atoms with E-state index in [1.165, 1.54) is 4.90 Å². The van der Waals surface area contributed by atoms with Gasteiger partial charge in [0.05, 0.1) is 6.10 Å². The molecule has 1 N–H and O–H groups in total. The maximum Gasteiger partial charge on any atom is 0.119 e. The molecule has 0 bridgehead atoms. The smallest absolute Gasteiger partial charge is 0.119 e. The molecule has 0 saturated carbocycles. The normalized spacial score (nSPS) is 12.4. The highest BCUT2D eigenvalue weighted by molar-refractivity contribution is 7.98. The number of hydrogen-bond donors (Lipinski definition) is 1. The van der Waals surface area contributed by atoms with Crippen molar-refractivity contribution in [3.05, 3.63) is 59.7 Å². The zero-order valence-electron chi connectivity index (χ0n) is 12.0. The summed E-state index contributed by atoms with van der Waals surface area (Å²) in [5.41, 5.74) is 1.78. The molecule has 0 aliphatic carbocycles. The van der Waals surface area contributed by atoms with Crippen LogP contribution in [0.15, 0.2) is 53.4 Å². The van der Waals surface area contributed by atoms with E-state index in [2.05, 4.69) is 0 Å². The minimum atomic E-state index is -0.598. The van der Waals surface area contributed by atoms with Gasteiger partial charge in [-0.05, 0) is 55.5 Å². The molecule has 2 rings (SSSR count). The van der Waals surface area contributed by atoms with Crippen molar-refractivity contribution in [2.45, 2.75) is 31.0 Å². The summed E-state index contributed by atoms with van der Waals surface area (Å²) in [6.45, 7) is 3.99. The zero-order valence-corrected chi connectivity index (χ0v) is 12.9. The van der Waals surface area contributed by atoms with Gasteiger partial charge in [0.2, 0.25) is 0 Å². The third-order valence-corrected chi connectivity index (χ3v) is 3.74. The molecule has 0 amide bonds. The van der Waals surface area contributed by atoms with Crippen molar-refractivity contribution in [2.75, 3.05) is 6.26 Å². The quantitative estimate of drug-likeness (QED) is 0.833. The lowest BCUT2D eigenvalue weighted by Crippen LogP contribution is -2.06. The first-order valence-corrected chi connectivity index (χ1v) is 7.91. The van der Waals surface area contributed by atoms with E-state index in [1.54, 1.807) is 11.8 Å². The van der Waals surface area contributed by atoms with Crippen molar-refractivity contribution in [1.29, 1.82) is 0 Å². The third-order valence-electron chi connectivity index (χ3n) is 3.00. The molecule has 2 aromatic carbocycles. The second kappa shape index (κ2) is 6.82. The van der Waals surface area contributed by atoms with Crippen molar-refractivity contribution < 1.29 is 9.84 Å². The van der Waals surface area contributed by atoms with E-state index >= 15 is 0 Å². The Morgan fingerprint density at radius 2 is 1.40 bits per heavy atom. The van der Waals surface area contributed by atoms with E-state index in [0.717, 1.165) is 16.9 Å². The number of hydrogen-bond acceptors (Lipinski definition) is 3. The largest absolute Gasteiger partial charge is 0.491 e. The van der Waals surface area contributed by atoms with Gasteiger partial charge in [-0.3, -0.25) is 0 Å². The van der Waals surface area contributed by atoms with Crippen LogP contribution in [0.4, 0.5) is 0 Å². The predicted octanol–water partition coefficient (Wildman–Crippen LogP) is 4.28. The highest BCUT2D eigenvalue weighted by Crippen LogP contribution is 2.26. The van der Waals surface area contributed by atoms with Crippen LogP contribution in [-0.2, 0) is 0 Å². The molecule has 1 atom stereocenters. The van der Waals surface area contributed by atoms with Crippen LogP contribution in [-0.4, -0.2) is 17.5 Å². The maximum absolute atomic E-state index is 10.4. The lowest BCUT2D eigenvalue weighted by atomic mass is 10.0. The summed E-state index contributed by atoms with van der Waals surface area (Å²) < 4.78 is 5.60. The molecule has 0 fully saturated rings. The summed E-state index contributed by atoms with van der Waals surface area (Å²) in [6, 6.07) is 15.6. The minimum Gasteiger partial charge on any atom is -0.491 e. The minimum absolute atomic E-state index is 0.157. The lowest BCUT2D eigenvalue weighted by molar-refractivity contribution is 0.219. The number of rotatable bonds is 5. The molecule has 0 heterocycles. The number of aliphatic hydroxyl groups is 1. The summed E-state index contributed by atoms with van der Waals surface area (Å²) in [7, 11) is 0. The van der Waals surface area contributed by atoms with Gasteiger partial charge < -0.3 is 9.84 Å². The monoisotopic (exact) mass is 288 g/mol. The van der Waals surface area contributed by atoms with Crippen molar-refractivity contribution in [3.63, 3.8) is 0 Å². The summed E-state index contributed by atoms with van der Waals surface area (Å²) >= 11 is 1.69. The summed E-state index contributed by atoms with van der Waals surface area (Å²) in [5, 5.41) is 10.4. The predicted molar refractivity (Wildman–Crippen MR) is 84.5 cm³/mol. The lowest BCUT2D eigenvalue weighted by Gasteiger charge is -2.14. The molecule has 0 radical (unpaired) electrons. The van der Waals surface area contributed by atoms with Crippen LogP contribution < -0.4 is 4.74 Å². The molecule has 0 saturated heterocycles. The van der Waals surface area contributed by atoms with Crippen molar-refractivity contribution in [1.82, 2.24) is 0 Å². The van der Waals surface area contributed by atoms with Gasteiger partial charge >= 0.3 is 0 Å². The van der Waals surface area contributed by atoms with E-state index in [-0.39, 0.29) is 6.10 Å². The molecule has 2 nitrogen and oxygen atoms in total. The van der Waals surface area contributed by atoms with Gasteiger partial charge in [-0.2, -0.15) is 0 Å². The van der Waals surface area contributed by atoms with Crippen LogP contribution in [0.1, 0.15) is 31.1 Å². The number of thioether (sulfide) groups is 1. The third kappa shape index (κ3) is 3.78. The van der Waals surface area contributed by atoms with Crippen LogP contribution in [0.25, 0.3) is 0 Å². The first-order valence-electron chi connectivity index (χ1n) is 6.69. The first-order chi connectivity index (χ1) is 9.60. The Morgan fingerprint density at radius 3 is 1.85 bits per heavy atom.